The number of nitrogens with zero attached hydrogens (tertiary/aromatic N) is 1. The van der Waals surface area contributed by atoms with Crippen molar-refractivity contribution in [2.45, 2.75) is 0 Å². The molecule has 0 radical (unpaired) electrons. The van der Waals surface area contributed by atoms with Gasteiger partial charge in [0, 0.05) is 6.08 Å². The van der Waals surface area contributed by atoms with Crippen LogP contribution in [-0.4, -0.2) is 18.0 Å². The maximum absolute atomic E-state index is 12.0. The van der Waals surface area contributed by atoms with Gasteiger partial charge in [0.25, 0.3) is 0 Å². The van der Waals surface area contributed by atoms with E-state index in [0.29, 0.717) is 21.4 Å². The lowest BCUT2D eigenvalue weighted by molar-refractivity contribution is -0.111. The van der Waals surface area contributed by atoms with Crippen LogP contribution in [0.3, 0.4) is 0 Å². The van der Waals surface area contributed by atoms with Crippen molar-refractivity contribution in [2.24, 2.45) is 0 Å². The fourth-order valence-electron chi connectivity index (χ4n) is 2.05. The van der Waals surface area contributed by atoms with Crippen molar-refractivity contribution in [1.29, 1.82) is 0 Å². The average Bonchev–Trinajstić information content (AvgIpc) is 2.99. The molecule has 1 aromatic heterocycles. The van der Waals surface area contributed by atoms with Crippen LogP contribution >= 0.6 is 22.9 Å². The summed E-state index contributed by atoms with van der Waals surface area (Å²) in [6, 6.07) is 13.1. The molecular weight excluding hydrogens is 332 g/mol. The summed E-state index contributed by atoms with van der Waals surface area (Å²) >= 11 is 7.48. The number of aromatic nitrogens is 1. The standard InChI is InChI=1S/C17H13ClN2O2S/c1-22-13-9-8-12(18)16-15(13)20-17(23-16)19-14(21)10-7-11-5-3-2-4-6-11/h2-10H,1H3,(H,19,20,21)/b10-7+. The van der Waals surface area contributed by atoms with Crippen LogP contribution in [-0.2, 0) is 4.79 Å². The number of benzene rings is 2. The molecule has 6 heteroatoms. The fourth-order valence-corrected chi connectivity index (χ4v) is 3.21. The molecule has 0 atom stereocenters. The van der Waals surface area contributed by atoms with E-state index in [-0.39, 0.29) is 5.91 Å². The molecular formula is C17H13ClN2O2S. The molecule has 3 aromatic rings. The minimum atomic E-state index is -0.247. The lowest BCUT2D eigenvalue weighted by atomic mass is 10.2. The van der Waals surface area contributed by atoms with Crippen molar-refractivity contribution in [3.05, 3.63) is 59.1 Å². The number of ether oxygens (including phenoxy) is 1. The highest BCUT2D eigenvalue weighted by Gasteiger charge is 2.13. The molecule has 0 aliphatic rings. The lowest BCUT2D eigenvalue weighted by Gasteiger charge is -2.00. The van der Waals surface area contributed by atoms with Gasteiger partial charge in [-0.3, -0.25) is 10.1 Å². The molecule has 0 saturated heterocycles. The zero-order valence-corrected chi connectivity index (χ0v) is 13.8. The van der Waals surface area contributed by atoms with E-state index in [9.17, 15) is 4.79 Å². The number of methoxy groups -OCH3 is 1. The summed E-state index contributed by atoms with van der Waals surface area (Å²) in [6.45, 7) is 0. The molecule has 116 valence electrons. The highest BCUT2D eigenvalue weighted by Crippen LogP contribution is 2.37. The minimum Gasteiger partial charge on any atom is -0.494 e. The Morgan fingerprint density at radius 1 is 1.26 bits per heavy atom. The highest BCUT2D eigenvalue weighted by molar-refractivity contribution is 7.23. The Kier molecular flexibility index (Phi) is 4.60. The largest absolute Gasteiger partial charge is 0.494 e. The van der Waals surface area contributed by atoms with Crippen molar-refractivity contribution < 1.29 is 9.53 Å². The Balaban J connectivity index is 1.80. The predicted molar refractivity (Wildman–Crippen MR) is 95.3 cm³/mol. The molecule has 0 bridgehead atoms. The topological polar surface area (TPSA) is 51.2 Å². The number of carbonyl (C=O) groups excluding carboxylic acids is 1. The average molecular weight is 345 g/mol. The first-order valence-electron chi connectivity index (χ1n) is 6.84. The molecule has 4 nitrogen and oxygen atoms in total. The van der Waals surface area contributed by atoms with Crippen LogP contribution in [0.25, 0.3) is 16.3 Å². The lowest BCUT2D eigenvalue weighted by Crippen LogP contribution is -2.07. The number of hydrogen-bond donors (Lipinski definition) is 1. The van der Waals surface area contributed by atoms with E-state index in [1.165, 1.54) is 17.4 Å². The molecule has 0 unspecified atom stereocenters. The van der Waals surface area contributed by atoms with Crippen molar-refractivity contribution in [3.8, 4) is 5.75 Å². The Bertz CT molecular complexity index is 875. The third-order valence-electron chi connectivity index (χ3n) is 3.14. The van der Waals surface area contributed by atoms with Gasteiger partial charge in [0.05, 0.1) is 16.8 Å². The van der Waals surface area contributed by atoms with E-state index in [2.05, 4.69) is 10.3 Å². The van der Waals surface area contributed by atoms with Crippen molar-refractivity contribution in [2.75, 3.05) is 12.4 Å². The molecule has 1 heterocycles. The Labute approximate surface area is 142 Å². The molecule has 0 saturated carbocycles. The summed E-state index contributed by atoms with van der Waals surface area (Å²) in [5, 5.41) is 3.81. The Hall–Kier alpha value is -2.37. The van der Waals surface area contributed by atoms with E-state index in [0.717, 1.165) is 10.3 Å². The van der Waals surface area contributed by atoms with E-state index in [1.54, 1.807) is 25.3 Å². The molecule has 0 aliphatic carbocycles. The molecule has 1 N–H and O–H groups in total. The van der Waals surface area contributed by atoms with Gasteiger partial charge in [-0.25, -0.2) is 4.98 Å². The monoisotopic (exact) mass is 344 g/mol. The van der Waals surface area contributed by atoms with Crippen LogP contribution in [0.1, 0.15) is 5.56 Å². The van der Waals surface area contributed by atoms with Gasteiger partial charge in [-0.05, 0) is 23.8 Å². The van der Waals surface area contributed by atoms with Gasteiger partial charge in [-0.1, -0.05) is 53.3 Å². The van der Waals surface area contributed by atoms with Crippen molar-refractivity contribution in [1.82, 2.24) is 4.98 Å². The zero-order valence-electron chi connectivity index (χ0n) is 12.2. The number of fused-ring (bicyclic) bond motifs is 1. The summed E-state index contributed by atoms with van der Waals surface area (Å²) in [7, 11) is 1.57. The van der Waals surface area contributed by atoms with Gasteiger partial charge < -0.3 is 4.74 Å². The number of amides is 1. The third kappa shape index (κ3) is 3.52. The highest BCUT2D eigenvalue weighted by atomic mass is 35.5. The molecule has 3 rings (SSSR count). The van der Waals surface area contributed by atoms with Gasteiger partial charge in [0.2, 0.25) is 5.91 Å². The first kappa shape index (κ1) is 15.5. The number of anilines is 1. The van der Waals surface area contributed by atoms with Crippen LogP contribution in [0.15, 0.2) is 48.5 Å². The van der Waals surface area contributed by atoms with Gasteiger partial charge in [-0.15, -0.1) is 0 Å². The summed E-state index contributed by atoms with van der Waals surface area (Å²) < 4.78 is 6.05. The van der Waals surface area contributed by atoms with Crippen molar-refractivity contribution >= 4 is 50.3 Å². The first-order chi connectivity index (χ1) is 11.2. The Morgan fingerprint density at radius 3 is 2.78 bits per heavy atom. The smallest absolute Gasteiger partial charge is 0.250 e. The number of carbonyl (C=O) groups is 1. The van der Waals surface area contributed by atoms with Crippen LogP contribution in [0, 0.1) is 0 Å². The molecule has 1 amide bonds. The number of halogens is 1. The number of rotatable bonds is 4. The van der Waals surface area contributed by atoms with Crippen LogP contribution in [0.2, 0.25) is 5.02 Å². The fraction of sp³-hybridized carbons (Fsp3) is 0.0588. The first-order valence-corrected chi connectivity index (χ1v) is 8.04. The molecule has 0 fully saturated rings. The van der Waals surface area contributed by atoms with Gasteiger partial charge in [0.15, 0.2) is 5.13 Å². The zero-order chi connectivity index (χ0) is 16.2. The van der Waals surface area contributed by atoms with Crippen LogP contribution in [0.4, 0.5) is 5.13 Å². The Morgan fingerprint density at radius 2 is 2.04 bits per heavy atom. The molecule has 0 aliphatic heterocycles. The van der Waals surface area contributed by atoms with E-state index >= 15 is 0 Å². The minimum absolute atomic E-state index is 0.247. The van der Waals surface area contributed by atoms with E-state index < -0.39 is 0 Å². The quantitative estimate of drug-likeness (QED) is 0.703. The van der Waals surface area contributed by atoms with Gasteiger partial charge in [-0.2, -0.15) is 0 Å². The SMILES string of the molecule is COc1ccc(Cl)c2sc(NC(=O)/C=C/c3ccccc3)nc12. The van der Waals surface area contributed by atoms with Gasteiger partial charge in [0.1, 0.15) is 11.3 Å². The van der Waals surface area contributed by atoms with E-state index in [4.69, 9.17) is 16.3 Å². The summed E-state index contributed by atoms with van der Waals surface area (Å²) in [6.07, 6.45) is 3.22. The van der Waals surface area contributed by atoms with E-state index in [1.807, 2.05) is 30.3 Å². The summed E-state index contributed by atoms with van der Waals surface area (Å²) in [4.78, 5) is 16.4. The molecule has 2 aromatic carbocycles. The molecule has 23 heavy (non-hydrogen) atoms. The van der Waals surface area contributed by atoms with Crippen molar-refractivity contribution in [3.63, 3.8) is 0 Å². The summed E-state index contributed by atoms with van der Waals surface area (Å²) in [5.41, 5.74) is 1.60. The second-order valence-corrected chi connectivity index (χ2v) is 6.09. The normalized spacial score (nSPS) is 11.0. The second kappa shape index (κ2) is 6.81. The summed E-state index contributed by atoms with van der Waals surface area (Å²) in [5.74, 6) is 0.379. The second-order valence-electron chi connectivity index (χ2n) is 4.68. The number of nitrogens with one attached hydrogen (secondary N) is 1. The van der Waals surface area contributed by atoms with Crippen LogP contribution in [0.5, 0.6) is 5.75 Å². The number of hydrogen-bond acceptors (Lipinski definition) is 4. The predicted octanol–water partition coefficient (Wildman–Crippen LogP) is 4.61. The molecule has 0 spiro atoms. The van der Waals surface area contributed by atoms with Crippen LogP contribution < -0.4 is 10.1 Å². The van der Waals surface area contributed by atoms with Gasteiger partial charge >= 0.3 is 0 Å². The number of thiazole rings is 1. The third-order valence-corrected chi connectivity index (χ3v) is 4.57. The maximum atomic E-state index is 12.0. The maximum Gasteiger partial charge on any atom is 0.250 e.